The van der Waals surface area contributed by atoms with E-state index in [0.717, 1.165) is 16.7 Å². The molecule has 0 saturated heterocycles. The number of amides is 1. The molecule has 0 atom stereocenters. The topological polar surface area (TPSA) is 42.2 Å². The minimum absolute atomic E-state index is 0.0623. The number of hydrogen-bond donors (Lipinski definition) is 1. The summed E-state index contributed by atoms with van der Waals surface area (Å²) in [5, 5.41) is 3.01. The van der Waals surface area contributed by atoms with E-state index in [2.05, 4.69) is 19.2 Å². The van der Waals surface area contributed by atoms with Crippen LogP contribution in [0.5, 0.6) is 0 Å². The molecule has 0 radical (unpaired) electrons. The normalized spacial score (nSPS) is 11.7. The molecule has 0 saturated carbocycles. The fourth-order valence-electron chi connectivity index (χ4n) is 2.16. The maximum Gasteiger partial charge on any atom is 0.230 e. The van der Waals surface area contributed by atoms with Crippen LogP contribution in [0.2, 0.25) is 0 Å². The van der Waals surface area contributed by atoms with Crippen molar-refractivity contribution in [1.82, 2.24) is 5.32 Å². The van der Waals surface area contributed by atoms with Gasteiger partial charge < -0.3 is 9.73 Å². The van der Waals surface area contributed by atoms with Gasteiger partial charge in [0.1, 0.15) is 0 Å². The van der Waals surface area contributed by atoms with Crippen LogP contribution in [-0.4, -0.2) is 12.5 Å². The van der Waals surface area contributed by atoms with Gasteiger partial charge in [0.05, 0.1) is 17.9 Å². The average molecular weight is 285 g/mol. The maximum absolute atomic E-state index is 12.4. The van der Waals surface area contributed by atoms with E-state index in [4.69, 9.17) is 4.42 Å². The Hall–Kier alpha value is -2.03. The van der Waals surface area contributed by atoms with Gasteiger partial charge in [-0.05, 0) is 37.0 Å². The minimum atomic E-state index is -0.538. The summed E-state index contributed by atoms with van der Waals surface area (Å²) in [6.45, 7) is 8.79. The van der Waals surface area contributed by atoms with Crippen LogP contribution in [0.15, 0.2) is 47.3 Å². The Kier molecular flexibility index (Phi) is 4.51. The molecule has 3 nitrogen and oxygen atoms in total. The first kappa shape index (κ1) is 15.4. The smallest absolute Gasteiger partial charge is 0.230 e. The molecule has 1 aromatic heterocycles. The summed E-state index contributed by atoms with van der Waals surface area (Å²) in [6, 6.07) is 10.00. The lowest BCUT2D eigenvalue weighted by Gasteiger charge is -2.25. The Morgan fingerprint density at radius 3 is 2.33 bits per heavy atom. The first-order valence-electron chi connectivity index (χ1n) is 7.32. The molecule has 2 rings (SSSR count). The minimum Gasteiger partial charge on any atom is -0.472 e. The standard InChI is InChI=1S/C18H23NO2/c1-13(2)11-19-17(20)18(3,4)16-7-5-14(6-8-16)15-9-10-21-12-15/h5-10,12-13H,11H2,1-4H3,(H,19,20). The first-order valence-corrected chi connectivity index (χ1v) is 7.32. The van der Waals surface area contributed by atoms with Gasteiger partial charge in [0.15, 0.2) is 0 Å². The largest absolute Gasteiger partial charge is 0.472 e. The summed E-state index contributed by atoms with van der Waals surface area (Å²) in [7, 11) is 0. The zero-order chi connectivity index (χ0) is 15.5. The summed E-state index contributed by atoms with van der Waals surface area (Å²) < 4.78 is 5.09. The van der Waals surface area contributed by atoms with Crippen molar-refractivity contribution >= 4 is 5.91 Å². The van der Waals surface area contributed by atoms with Gasteiger partial charge in [-0.15, -0.1) is 0 Å². The summed E-state index contributed by atoms with van der Waals surface area (Å²) in [6.07, 6.45) is 3.38. The van der Waals surface area contributed by atoms with Crippen LogP contribution in [0.1, 0.15) is 33.3 Å². The summed E-state index contributed by atoms with van der Waals surface area (Å²) in [5.41, 5.74) is 2.61. The lowest BCUT2D eigenvalue weighted by atomic mass is 9.83. The van der Waals surface area contributed by atoms with E-state index in [1.54, 1.807) is 12.5 Å². The lowest BCUT2D eigenvalue weighted by molar-refractivity contribution is -0.125. The Morgan fingerprint density at radius 2 is 1.81 bits per heavy atom. The summed E-state index contributed by atoms with van der Waals surface area (Å²) in [4.78, 5) is 12.4. The van der Waals surface area contributed by atoms with Crippen molar-refractivity contribution in [3.05, 3.63) is 48.4 Å². The van der Waals surface area contributed by atoms with Crippen molar-refractivity contribution < 1.29 is 9.21 Å². The van der Waals surface area contributed by atoms with Crippen molar-refractivity contribution in [3.8, 4) is 11.1 Å². The zero-order valence-electron chi connectivity index (χ0n) is 13.1. The predicted molar refractivity (Wildman–Crippen MR) is 85.0 cm³/mol. The molecule has 1 aromatic carbocycles. The quantitative estimate of drug-likeness (QED) is 0.902. The number of rotatable bonds is 5. The Bertz CT molecular complexity index is 580. The van der Waals surface area contributed by atoms with Crippen LogP contribution in [-0.2, 0) is 10.2 Å². The molecule has 0 unspecified atom stereocenters. The second-order valence-corrected chi connectivity index (χ2v) is 6.32. The van der Waals surface area contributed by atoms with Gasteiger partial charge in [0.2, 0.25) is 5.91 Å². The molecule has 112 valence electrons. The van der Waals surface area contributed by atoms with E-state index in [1.165, 1.54) is 0 Å². The molecule has 1 heterocycles. The SMILES string of the molecule is CC(C)CNC(=O)C(C)(C)c1ccc(-c2ccoc2)cc1. The molecule has 1 amide bonds. The molecule has 0 bridgehead atoms. The van der Waals surface area contributed by atoms with Gasteiger partial charge in [-0.3, -0.25) is 4.79 Å². The van der Waals surface area contributed by atoms with E-state index in [-0.39, 0.29) is 5.91 Å². The third-order valence-corrected chi connectivity index (χ3v) is 3.70. The first-order chi connectivity index (χ1) is 9.91. The van der Waals surface area contributed by atoms with Crippen molar-refractivity contribution in [2.24, 2.45) is 5.92 Å². The number of hydrogen-bond acceptors (Lipinski definition) is 2. The molecule has 0 aliphatic carbocycles. The average Bonchev–Trinajstić information content (AvgIpc) is 2.99. The van der Waals surface area contributed by atoms with Crippen molar-refractivity contribution in [2.45, 2.75) is 33.1 Å². The van der Waals surface area contributed by atoms with Crippen molar-refractivity contribution in [2.75, 3.05) is 6.54 Å². The maximum atomic E-state index is 12.4. The fraction of sp³-hybridized carbons (Fsp3) is 0.389. The van der Waals surface area contributed by atoms with Crippen LogP contribution >= 0.6 is 0 Å². The van der Waals surface area contributed by atoms with E-state index >= 15 is 0 Å². The molecule has 1 N–H and O–H groups in total. The van der Waals surface area contributed by atoms with Crippen LogP contribution in [0.25, 0.3) is 11.1 Å². The Labute approximate surface area is 126 Å². The molecule has 21 heavy (non-hydrogen) atoms. The van der Waals surface area contributed by atoms with Gasteiger partial charge in [0.25, 0.3) is 0 Å². The van der Waals surface area contributed by atoms with Crippen molar-refractivity contribution in [3.63, 3.8) is 0 Å². The number of carbonyl (C=O) groups excluding carboxylic acids is 1. The molecular weight excluding hydrogens is 262 g/mol. The highest BCUT2D eigenvalue weighted by molar-refractivity contribution is 5.87. The number of benzene rings is 1. The highest BCUT2D eigenvalue weighted by atomic mass is 16.3. The number of nitrogens with one attached hydrogen (secondary N) is 1. The van der Waals surface area contributed by atoms with Crippen LogP contribution in [0.4, 0.5) is 0 Å². The van der Waals surface area contributed by atoms with Crippen LogP contribution in [0.3, 0.4) is 0 Å². The van der Waals surface area contributed by atoms with Gasteiger partial charge >= 0.3 is 0 Å². The molecule has 0 fully saturated rings. The molecule has 2 aromatic rings. The summed E-state index contributed by atoms with van der Waals surface area (Å²) >= 11 is 0. The highest BCUT2D eigenvalue weighted by Gasteiger charge is 2.29. The van der Waals surface area contributed by atoms with E-state index < -0.39 is 5.41 Å². The molecule has 0 spiro atoms. The predicted octanol–water partition coefficient (Wildman–Crippen LogP) is 4.00. The van der Waals surface area contributed by atoms with E-state index in [0.29, 0.717) is 12.5 Å². The molecule has 3 heteroatoms. The Morgan fingerprint density at radius 1 is 1.14 bits per heavy atom. The second-order valence-electron chi connectivity index (χ2n) is 6.32. The van der Waals surface area contributed by atoms with Gasteiger partial charge in [0, 0.05) is 12.1 Å². The van der Waals surface area contributed by atoms with Gasteiger partial charge in [-0.25, -0.2) is 0 Å². The number of carbonyl (C=O) groups is 1. The third kappa shape index (κ3) is 3.54. The third-order valence-electron chi connectivity index (χ3n) is 3.70. The summed E-state index contributed by atoms with van der Waals surface area (Å²) in [5.74, 6) is 0.514. The Balaban J connectivity index is 2.14. The molecule has 0 aliphatic heterocycles. The fourth-order valence-corrected chi connectivity index (χ4v) is 2.16. The van der Waals surface area contributed by atoms with Crippen LogP contribution in [0, 0.1) is 5.92 Å². The van der Waals surface area contributed by atoms with Crippen molar-refractivity contribution in [1.29, 1.82) is 0 Å². The van der Waals surface area contributed by atoms with Crippen LogP contribution < -0.4 is 5.32 Å². The van der Waals surface area contributed by atoms with E-state index in [1.807, 2.05) is 44.2 Å². The second kappa shape index (κ2) is 6.17. The van der Waals surface area contributed by atoms with Gasteiger partial charge in [-0.2, -0.15) is 0 Å². The monoisotopic (exact) mass is 285 g/mol. The van der Waals surface area contributed by atoms with E-state index in [9.17, 15) is 4.79 Å². The lowest BCUT2D eigenvalue weighted by Crippen LogP contribution is -2.41. The van der Waals surface area contributed by atoms with Gasteiger partial charge in [-0.1, -0.05) is 38.1 Å². The highest BCUT2D eigenvalue weighted by Crippen LogP contribution is 2.27. The zero-order valence-corrected chi connectivity index (χ0v) is 13.1. The molecule has 0 aliphatic rings. The number of furan rings is 1. The molecular formula is C18H23NO2.